The molecule has 1 saturated carbocycles. The fourth-order valence-electron chi connectivity index (χ4n) is 3.33. The number of anilines is 1. The lowest BCUT2D eigenvalue weighted by Gasteiger charge is -2.24. The summed E-state index contributed by atoms with van der Waals surface area (Å²) < 4.78 is 43.1. The first-order chi connectivity index (χ1) is 13.6. The molecule has 0 radical (unpaired) electrons. The Balaban J connectivity index is 1.89. The van der Waals surface area contributed by atoms with Crippen molar-refractivity contribution >= 4 is 11.7 Å². The number of hydrogen-bond donors (Lipinski definition) is 1. The maximum absolute atomic E-state index is 14.2. The summed E-state index contributed by atoms with van der Waals surface area (Å²) in [7, 11) is 3.37. The van der Waals surface area contributed by atoms with Gasteiger partial charge in [0, 0.05) is 26.6 Å². The molecule has 156 valence electrons. The number of aromatic nitrogens is 2. The summed E-state index contributed by atoms with van der Waals surface area (Å²) in [5.41, 5.74) is -0.0978. The number of carbonyl (C=O) groups excluding carboxylic acids is 1. The fraction of sp³-hybridized carbons (Fsp3) is 0.450. The van der Waals surface area contributed by atoms with Gasteiger partial charge in [-0.3, -0.25) is 14.6 Å². The number of rotatable bonds is 8. The topological polar surface area (TPSA) is 75.3 Å². The van der Waals surface area contributed by atoms with E-state index in [2.05, 4.69) is 14.7 Å². The van der Waals surface area contributed by atoms with Gasteiger partial charge in [0.1, 0.15) is 5.69 Å². The predicted molar refractivity (Wildman–Crippen MR) is 101 cm³/mol. The maximum atomic E-state index is 14.2. The average molecular weight is 409 g/mol. The Bertz CT molecular complexity index is 971. The molecule has 1 atom stereocenters. The van der Waals surface area contributed by atoms with Crippen molar-refractivity contribution in [2.24, 2.45) is 5.41 Å². The first kappa shape index (κ1) is 20.9. The number of nitrogens with one attached hydrogen (secondary N) is 1. The molecule has 0 saturated heterocycles. The second kappa shape index (κ2) is 7.88. The Hall–Kier alpha value is -2.84. The molecule has 1 fully saturated rings. The van der Waals surface area contributed by atoms with Crippen molar-refractivity contribution in [2.75, 3.05) is 19.0 Å². The van der Waals surface area contributed by atoms with E-state index in [1.54, 1.807) is 19.0 Å². The number of benzene rings is 1. The number of Topliss-reactive ketones (excluding diaryl/α,β-unsaturated/α-hetero) is 1. The molecule has 1 aromatic carbocycles. The number of alkyl halides is 2. The largest absolute Gasteiger partial charge is 0.432 e. The van der Waals surface area contributed by atoms with E-state index in [9.17, 15) is 22.8 Å². The zero-order chi connectivity index (χ0) is 21.3. The zero-order valence-electron chi connectivity index (χ0n) is 16.3. The number of ether oxygens (including phenoxy) is 1. The van der Waals surface area contributed by atoms with E-state index in [1.165, 1.54) is 6.07 Å². The Morgan fingerprint density at radius 3 is 2.55 bits per heavy atom. The van der Waals surface area contributed by atoms with Gasteiger partial charge in [0.05, 0.1) is 0 Å². The average Bonchev–Trinajstić information content (AvgIpc) is 3.38. The number of carbonyl (C=O) groups is 1. The molecule has 1 aliphatic carbocycles. The molecule has 0 amide bonds. The van der Waals surface area contributed by atoms with Gasteiger partial charge in [-0.05, 0) is 41.9 Å². The van der Waals surface area contributed by atoms with Crippen LogP contribution in [0.5, 0.6) is 5.75 Å². The van der Waals surface area contributed by atoms with Gasteiger partial charge in [-0.25, -0.2) is 9.37 Å². The summed E-state index contributed by atoms with van der Waals surface area (Å²) in [4.78, 5) is 33.0. The monoisotopic (exact) mass is 409 g/mol. The summed E-state index contributed by atoms with van der Waals surface area (Å²) in [6, 6.07) is 4.92. The van der Waals surface area contributed by atoms with Crippen LogP contribution in [0, 0.1) is 11.2 Å². The minimum absolute atomic E-state index is 0.0221. The molecular weight excluding hydrogens is 387 g/mol. The molecule has 0 bridgehead atoms. The van der Waals surface area contributed by atoms with Crippen molar-refractivity contribution < 1.29 is 22.7 Å². The van der Waals surface area contributed by atoms with Crippen LogP contribution in [-0.4, -0.2) is 36.5 Å². The number of halogens is 3. The SMILES string of the molecule is CN(C)c1nc(C(=O)C[C@@H](c2ccc(OC(F)F)c(F)c2)C2(C)CC2)cc(=O)[nH]1. The van der Waals surface area contributed by atoms with Crippen molar-refractivity contribution in [3.63, 3.8) is 0 Å². The first-order valence-corrected chi connectivity index (χ1v) is 9.15. The molecule has 0 aliphatic heterocycles. The van der Waals surface area contributed by atoms with E-state index >= 15 is 0 Å². The lowest BCUT2D eigenvalue weighted by Crippen LogP contribution is -2.22. The van der Waals surface area contributed by atoms with Crippen LogP contribution in [0.15, 0.2) is 29.1 Å². The third kappa shape index (κ3) is 4.78. The molecule has 2 aromatic rings. The minimum atomic E-state index is -3.12. The number of nitrogens with zero attached hydrogens (tertiary/aromatic N) is 2. The van der Waals surface area contributed by atoms with Gasteiger partial charge < -0.3 is 9.64 Å². The molecular formula is C20H22F3N3O3. The van der Waals surface area contributed by atoms with Crippen molar-refractivity contribution in [3.05, 3.63) is 51.7 Å². The van der Waals surface area contributed by atoms with Gasteiger partial charge in [0.2, 0.25) is 5.95 Å². The van der Waals surface area contributed by atoms with E-state index in [-0.39, 0.29) is 35.2 Å². The van der Waals surface area contributed by atoms with Crippen LogP contribution < -0.4 is 15.2 Å². The van der Waals surface area contributed by atoms with Gasteiger partial charge in [0.15, 0.2) is 17.3 Å². The third-order valence-corrected chi connectivity index (χ3v) is 5.28. The second-order valence-electron chi connectivity index (χ2n) is 7.75. The molecule has 0 spiro atoms. The molecule has 29 heavy (non-hydrogen) atoms. The quantitative estimate of drug-likeness (QED) is 0.673. The normalized spacial score (nSPS) is 15.8. The summed E-state index contributed by atoms with van der Waals surface area (Å²) in [6.45, 7) is -1.13. The molecule has 1 aromatic heterocycles. The number of aromatic amines is 1. The van der Waals surface area contributed by atoms with Crippen LogP contribution in [0.2, 0.25) is 0 Å². The Morgan fingerprint density at radius 2 is 2.00 bits per heavy atom. The highest BCUT2D eigenvalue weighted by Gasteiger charge is 2.46. The zero-order valence-corrected chi connectivity index (χ0v) is 16.3. The van der Waals surface area contributed by atoms with Crippen molar-refractivity contribution in [3.8, 4) is 5.75 Å². The van der Waals surface area contributed by atoms with Gasteiger partial charge in [0.25, 0.3) is 5.56 Å². The van der Waals surface area contributed by atoms with Crippen LogP contribution in [0.4, 0.5) is 19.1 Å². The lowest BCUT2D eigenvalue weighted by atomic mass is 9.80. The summed E-state index contributed by atoms with van der Waals surface area (Å²) in [6.07, 6.45) is 1.73. The third-order valence-electron chi connectivity index (χ3n) is 5.28. The highest BCUT2D eigenvalue weighted by atomic mass is 19.3. The van der Waals surface area contributed by atoms with Crippen LogP contribution >= 0.6 is 0 Å². The summed E-state index contributed by atoms with van der Waals surface area (Å²) >= 11 is 0. The molecule has 9 heteroatoms. The standard InChI is InChI=1S/C20H22F3N3O3/c1-20(6-7-20)12(11-4-5-16(13(21)8-11)29-18(22)23)9-15(27)14-10-17(28)25-19(24-14)26(2)3/h4-5,8,10,12,18H,6-7,9H2,1-3H3,(H,24,25,28)/t12-/m0/s1. The maximum Gasteiger partial charge on any atom is 0.387 e. The summed E-state index contributed by atoms with van der Waals surface area (Å²) in [5.74, 6) is -1.87. The van der Waals surface area contributed by atoms with E-state index in [0.29, 0.717) is 5.56 Å². The van der Waals surface area contributed by atoms with Gasteiger partial charge in [-0.15, -0.1) is 0 Å². The highest BCUT2D eigenvalue weighted by Crippen LogP contribution is 2.57. The molecule has 1 aliphatic rings. The molecule has 1 N–H and O–H groups in total. The number of H-pyrrole nitrogens is 1. The van der Waals surface area contributed by atoms with Crippen molar-refractivity contribution in [2.45, 2.75) is 38.7 Å². The van der Waals surface area contributed by atoms with Crippen molar-refractivity contribution in [1.82, 2.24) is 9.97 Å². The fourth-order valence-corrected chi connectivity index (χ4v) is 3.33. The van der Waals surface area contributed by atoms with Crippen LogP contribution in [-0.2, 0) is 0 Å². The second-order valence-corrected chi connectivity index (χ2v) is 7.75. The molecule has 0 unspecified atom stereocenters. The smallest absolute Gasteiger partial charge is 0.387 e. The minimum Gasteiger partial charge on any atom is -0.432 e. The molecule has 6 nitrogen and oxygen atoms in total. The van der Waals surface area contributed by atoms with Gasteiger partial charge >= 0.3 is 6.61 Å². The Morgan fingerprint density at radius 1 is 1.31 bits per heavy atom. The number of ketones is 1. The van der Waals surface area contributed by atoms with E-state index < -0.39 is 23.7 Å². The van der Waals surface area contributed by atoms with Crippen molar-refractivity contribution in [1.29, 1.82) is 0 Å². The molecule has 3 rings (SSSR count). The van der Waals surface area contributed by atoms with E-state index in [1.807, 2.05) is 6.92 Å². The van der Waals surface area contributed by atoms with E-state index in [4.69, 9.17) is 0 Å². The highest BCUT2D eigenvalue weighted by molar-refractivity contribution is 5.95. The van der Waals surface area contributed by atoms with Crippen LogP contribution in [0.25, 0.3) is 0 Å². The Labute approximate surface area is 165 Å². The Kier molecular flexibility index (Phi) is 5.68. The lowest BCUT2D eigenvalue weighted by molar-refractivity contribution is -0.0522. The van der Waals surface area contributed by atoms with Gasteiger partial charge in [-0.2, -0.15) is 8.78 Å². The first-order valence-electron chi connectivity index (χ1n) is 9.15. The van der Waals surface area contributed by atoms with Gasteiger partial charge in [-0.1, -0.05) is 13.0 Å². The molecule has 1 heterocycles. The summed E-state index contributed by atoms with van der Waals surface area (Å²) in [5, 5.41) is 0. The van der Waals surface area contributed by atoms with E-state index in [0.717, 1.165) is 31.0 Å². The number of hydrogen-bond acceptors (Lipinski definition) is 5. The van der Waals surface area contributed by atoms with Crippen LogP contribution in [0.1, 0.15) is 48.2 Å². The predicted octanol–water partition coefficient (Wildman–Crippen LogP) is 3.73. The van der Waals surface area contributed by atoms with Crippen LogP contribution in [0.3, 0.4) is 0 Å².